The van der Waals surface area contributed by atoms with Crippen LogP contribution in [0.25, 0.3) is 11.5 Å². The number of morpholine rings is 1. The van der Waals surface area contributed by atoms with E-state index in [9.17, 15) is 4.39 Å². The summed E-state index contributed by atoms with van der Waals surface area (Å²) in [5.41, 5.74) is 6.54. The van der Waals surface area contributed by atoms with Crippen molar-refractivity contribution in [2.45, 2.75) is 489 Å². The standard InChI is InChI=1S/C17H29N.C17H28O2.C16H24Cl2S.C16H24ClFS.C14H20N2O.C14H29NO.6C4H10S.12H2O/c1-3-5-6-7-8-9-13-16-18(4-2)17-14-11-10-12-15-17;1-4-5-6-7-8-9-10-11-15-12-13-16(18-2)17(14-15)19-3;2*1-2-3-4-5-6-7-8-12-19-13-14-15(17)10-9-11-16(14)18;1-2-3-4-5-6-8-12-11-13(16-15-12)14-9-7-10-17-14;1-2-3-4-5-6-7-8-9-10-15-11-13-16-14-12-15;6*1-4(2,3)5;;;;;;;;;;;;/h10-12,14-15H,3-9,13,16H2,1-2H3;12-14H,4-11H2,1-3H3;2*9-11H,2-8,12-13H2,1H3;7,9-11H,2-6,8H2,1H3,(H,15,16);2-14H2,1H3;6*5H,1-3H3;12*1H2. The number of aryl methyl sites for hydroxylation is 2. The van der Waals surface area contributed by atoms with E-state index in [2.05, 4.69) is 317 Å². The number of thiol groups is 6. The molecule has 20 nitrogen and oxygen atoms in total. The van der Waals surface area contributed by atoms with Crippen molar-refractivity contribution in [1.29, 1.82) is 0 Å². The van der Waals surface area contributed by atoms with Crippen molar-refractivity contribution in [1.82, 2.24) is 15.1 Å². The van der Waals surface area contributed by atoms with Gasteiger partial charge >= 0.3 is 0 Å². The van der Waals surface area contributed by atoms with Crippen LogP contribution in [0.15, 0.2) is 114 Å². The van der Waals surface area contributed by atoms with Crippen molar-refractivity contribution < 1.29 is 88.7 Å². The molecule has 150 heavy (non-hydrogen) atoms. The van der Waals surface area contributed by atoms with Crippen LogP contribution in [0.4, 0.5) is 10.1 Å². The van der Waals surface area contributed by atoms with Crippen LogP contribution in [-0.4, -0.2) is 181 Å². The Morgan fingerprint density at radius 3 is 1.03 bits per heavy atom. The monoisotopic (exact) mass is 2350 g/mol. The Balaban J connectivity index is -0.0000000879. The van der Waals surface area contributed by atoms with E-state index in [0.717, 1.165) is 95.8 Å². The van der Waals surface area contributed by atoms with Crippen LogP contribution >= 0.6 is 134 Å². The predicted octanol–water partition coefficient (Wildman–Crippen LogP) is 31.7. The van der Waals surface area contributed by atoms with Gasteiger partial charge in [0, 0.05) is 98.2 Å². The Labute approximate surface area is 977 Å². The molecule has 1 fully saturated rings. The maximum Gasteiger partial charge on any atom is 0.160 e. The summed E-state index contributed by atoms with van der Waals surface area (Å²) in [5.74, 6) is 6.20. The van der Waals surface area contributed by atoms with Gasteiger partial charge in [0.15, 0.2) is 17.3 Å². The minimum absolute atomic E-state index is 0. The SMILES string of the molecule is CC(C)(C)S.CC(C)(C)S.CC(C)(C)S.CC(C)(C)S.CC(C)(C)S.CC(C)(C)S.CCCCCCCCCCN1CCOCC1.CCCCCCCCCN(CC)c1ccccc1.CCCCCCCCCSCc1c(Cl)cccc1Cl.CCCCCCCCCSCc1c(F)cccc1Cl.CCCCCCCCCc1ccc(OC)c(OC)c1.CCCCCCCc1cc(-c2ccco2)n[nH]1.O.O.O.O.O.O.O.O.O.O.O.O. The second-order valence-corrected chi connectivity index (χ2v) is 53.7. The van der Waals surface area contributed by atoms with Crippen molar-refractivity contribution in [3.05, 3.63) is 153 Å². The van der Waals surface area contributed by atoms with Crippen LogP contribution in [-0.2, 0) is 29.1 Å². The van der Waals surface area contributed by atoms with Crippen molar-refractivity contribution >= 4 is 140 Å². The predicted molar refractivity (Wildman–Crippen MR) is 694 cm³/mol. The summed E-state index contributed by atoms with van der Waals surface area (Å²) in [6.07, 6.45) is 59.8. The summed E-state index contributed by atoms with van der Waals surface area (Å²) < 4.78 is 35.9. The number of unbranched alkanes of at least 4 members (excludes halogenated alkanes) is 35. The maximum absolute atomic E-state index is 13.5. The molecule has 1 saturated heterocycles. The molecule has 0 saturated carbocycles. The van der Waals surface area contributed by atoms with Gasteiger partial charge in [-0.25, -0.2) is 4.39 Å². The van der Waals surface area contributed by atoms with Crippen LogP contribution in [0.5, 0.6) is 11.5 Å². The number of hydrogen-bond donors (Lipinski definition) is 7. The second-order valence-electron chi connectivity index (χ2n) is 42.2. The fraction of sp³-hybridized carbons (Fsp3) is 0.737. The van der Waals surface area contributed by atoms with Gasteiger partial charge in [-0.3, -0.25) is 10.00 Å². The third kappa shape index (κ3) is 152. The highest BCUT2D eigenvalue weighted by Crippen LogP contribution is 2.32. The van der Waals surface area contributed by atoms with E-state index in [0.29, 0.717) is 16.3 Å². The Kier molecular flexibility index (Phi) is 154. The quantitative estimate of drug-likeness (QED) is 0.0141. The molecule has 1 aliphatic rings. The average Bonchev–Trinajstić information content (AvgIpc) is 1.58. The van der Waals surface area contributed by atoms with Crippen LogP contribution in [0.1, 0.15) is 459 Å². The molecule has 3 heterocycles. The number of benzene rings is 4. The topological polar surface area (TPSA) is 454 Å². The molecule has 32 heteroatoms. The first kappa shape index (κ1) is 186. The average molecular weight is 2350 g/mol. The summed E-state index contributed by atoms with van der Waals surface area (Å²) in [5, 5.41) is 9.46. The molecule has 0 unspecified atom stereocenters. The number of nitrogens with zero attached hydrogens (tertiary/aromatic N) is 3. The van der Waals surface area contributed by atoms with Crippen LogP contribution in [0.3, 0.4) is 0 Å². The van der Waals surface area contributed by atoms with Crippen molar-refractivity contribution in [2.24, 2.45) is 0 Å². The molecular formula is C118H238Cl3FN4O16S8. The van der Waals surface area contributed by atoms with E-state index < -0.39 is 0 Å². The van der Waals surface area contributed by atoms with E-state index >= 15 is 0 Å². The third-order valence-electron chi connectivity index (χ3n) is 19.8. The first-order chi connectivity index (χ1) is 65.0. The first-order valence-corrected chi connectivity index (χ1v) is 59.9. The lowest BCUT2D eigenvalue weighted by Crippen LogP contribution is -2.36. The number of H-pyrrole nitrogens is 1. The molecule has 0 atom stereocenters. The summed E-state index contributed by atoms with van der Waals surface area (Å²) in [6.45, 7) is 60.5. The van der Waals surface area contributed by atoms with E-state index in [4.69, 9.17) is 53.4 Å². The minimum atomic E-state index is -0.181. The van der Waals surface area contributed by atoms with Gasteiger partial charge in [0.05, 0.1) is 33.7 Å². The molecule has 4 aromatic carbocycles. The highest BCUT2D eigenvalue weighted by Gasteiger charge is 2.14. The fourth-order valence-electron chi connectivity index (χ4n) is 13.0. The van der Waals surface area contributed by atoms with Crippen LogP contribution in [0, 0.1) is 5.82 Å². The first-order valence-electron chi connectivity index (χ1n) is 53.8. The second kappa shape index (κ2) is 124. The lowest BCUT2D eigenvalue weighted by atomic mass is 10.0. The molecule has 0 aliphatic carbocycles. The highest BCUT2D eigenvalue weighted by atomic mass is 35.5. The van der Waals surface area contributed by atoms with Gasteiger partial charge in [0.2, 0.25) is 0 Å². The Morgan fingerprint density at radius 2 is 0.687 bits per heavy atom. The van der Waals surface area contributed by atoms with Gasteiger partial charge in [-0.15, -0.1) is 0 Å². The zero-order valence-corrected chi connectivity index (χ0v) is 109. The Bertz CT molecular complexity index is 3340. The zero-order chi connectivity index (χ0) is 105. The number of rotatable bonds is 56. The van der Waals surface area contributed by atoms with E-state index in [1.165, 1.54) is 305 Å². The minimum Gasteiger partial charge on any atom is -0.493 e. The van der Waals surface area contributed by atoms with Gasteiger partial charge < -0.3 is 89.2 Å². The van der Waals surface area contributed by atoms with E-state index in [1.807, 2.05) is 48.2 Å². The number of aromatic nitrogens is 2. The van der Waals surface area contributed by atoms with Gasteiger partial charge in [0.25, 0.3) is 0 Å². The molecule has 0 bridgehead atoms. The summed E-state index contributed by atoms with van der Waals surface area (Å²) in [6, 6.07) is 33.5. The van der Waals surface area contributed by atoms with Gasteiger partial charge in [-0.2, -0.15) is 104 Å². The number of para-hydroxylation sites is 1. The number of hydrogen-bond acceptors (Lipinski definition) is 15. The highest BCUT2D eigenvalue weighted by molar-refractivity contribution is 7.98. The molecular weight excluding hydrogens is 2110 g/mol. The number of ether oxygens (including phenoxy) is 3. The normalized spacial score (nSPS) is 10.9. The molecule has 25 N–H and O–H groups in total. The molecule has 6 aromatic rings. The molecule has 0 radical (unpaired) electrons. The van der Waals surface area contributed by atoms with E-state index in [1.54, 1.807) is 44.4 Å². The Hall–Kier alpha value is -2.19. The molecule has 0 amide bonds. The zero-order valence-electron chi connectivity index (χ0n) is 99.6. The maximum atomic E-state index is 13.5. The van der Waals surface area contributed by atoms with E-state index in [-0.39, 0.29) is 100 Å². The van der Waals surface area contributed by atoms with Gasteiger partial charge in [-0.05, 0) is 154 Å². The summed E-state index contributed by atoms with van der Waals surface area (Å²) in [7, 11) is 3.36. The molecule has 902 valence electrons. The number of methoxy groups -OCH3 is 2. The fourth-order valence-corrected chi connectivity index (χ4v) is 16.1. The number of halogens is 4. The molecule has 1 aliphatic heterocycles. The number of nitrogens with one attached hydrogen (secondary N) is 1. The number of thioether (sulfide) groups is 2. The van der Waals surface area contributed by atoms with Gasteiger partial charge in [-0.1, -0.05) is 462 Å². The van der Waals surface area contributed by atoms with Crippen LogP contribution < -0.4 is 14.4 Å². The third-order valence-corrected chi connectivity index (χ3v) is 23.0. The molecule has 7 rings (SSSR count). The summed E-state index contributed by atoms with van der Waals surface area (Å²) in [4.78, 5) is 5.02. The Morgan fingerprint density at radius 1 is 0.367 bits per heavy atom. The van der Waals surface area contributed by atoms with Crippen molar-refractivity contribution in [3.8, 4) is 23.0 Å². The smallest absolute Gasteiger partial charge is 0.160 e. The number of furan rings is 1. The van der Waals surface area contributed by atoms with Crippen LogP contribution in [0.2, 0.25) is 15.1 Å². The number of anilines is 1. The molecule has 2 aromatic heterocycles. The largest absolute Gasteiger partial charge is 0.493 e. The number of aromatic amines is 1. The lowest BCUT2D eigenvalue weighted by Gasteiger charge is -2.26. The molecule has 0 spiro atoms. The summed E-state index contributed by atoms with van der Waals surface area (Å²) >= 11 is 46.7. The lowest BCUT2D eigenvalue weighted by molar-refractivity contribution is 0.0371. The van der Waals surface area contributed by atoms with Gasteiger partial charge in [0.1, 0.15) is 11.5 Å². The van der Waals surface area contributed by atoms with Crippen molar-refractivity contribution in [2.75, 3.05) is 76.6 Å². The van der Waals surface area contributed by atoms with Crippen molar-refractivity contribution in [3.63, 3.8) is 0 Å².